The third-order valence-corrected chi connectivity index (χ3v) is 7.06. The Morgan fingerprint density at radius 3 is 2.55 bits per heavy atom. The molecule has 2 aromatic heterocycles. The maximum atomic E-state index is 12.0. The minimum Gasteiger partial charge on any atom is -0.497 e. The van der Waals surface area contributed by atoms with E-state index >= 15 is 0 Å². The van der Waals surface area contributed by atoms with Gasteiger partial charge < -0.3 is 24.6 Å². The van der Waals surface area contributed by atoms with Gasteiger partial charge in [-0.1, -0.05) is 0 Å². The first kappa shape index (κ1) is 27.1. The Kier molecular flexibility index (Phi) is 7.44. The number of nitro benzene ring substituents is 1. The minimum absolute atomic E-state index is 0.0435. The van der Waals surface area contributed by atoms with Crippen molar-refractivity contribution in [2.45, 2.75) is 25.7 Å². The SMILES string of the molecule is COc1ccc2c(c1)c(C1CC1)nn2-c1nc(Nc2cc([N+](=O)[O-])c(N(C)CCN(C)C)cc2OC)ncc1C. The van der Waals surface area contributed by atoms with Crippen molar-refractivity contribution < 1.29 is 14.4 Å². The molecule has 1 fully saturated rings. The Morgan fingerprint density at radius 1 is 1.12 bits per heavy atom. The van der Waals surface area contributed by atoms with Crippen LogP contribution in [0, 0.1) is 17.0 Å². The van der Waals surface area contributed by atoms with Gasteiger partial charge in [0.25, 0.3) is 5.69 Å². The van der Waals surface area contributed by atoms with Crippen molar-refractivity contribution in [1.82, 2.24) is 24.6 Å². The first-order valence-corrected chi connectivity index (χ1v) is 13.1. The number of benzene rings is 2. The van der Waals surface area contributed by atoms with Crippen molar-refractivity contribution in [3.05, 3.63) is 57.9 Å². The summed E-state index contributed by atoms with van der Waals surface area (Å²) in [5.74, 6) is 2.53. The molecule has 1 N–H and O–H groups in total. The fourth-order valence-electron chi connectivity index (χ4n) is 4.64. The van der Waals surface area contributed by atoms with Gasteiger partial charge in [0.1, 0.15) is 17.2 Å². The first-order valence-electron chi connectivity index (χ1n) is 13.1. The van der Waals surface area contributed by atoms with Crippen molar-refractivity contribution in [3.8, 4) is 17.3 Å². The monoisotopic (exact) mass is 546 g/mol. The van der Waals surface area contributed by atoms with Gasteiger partial charge in [-0.15, -0.1) is 0 Å². The van der Waals surface area contributed by atoms with E-state index in [2.05, 4.69) is 10.3 Å². The number of nitrogens with zero attached hydrogens (tertiary/aromatic N) is 7. The Labute approximate surface area is 232 Å². The van der Waals surface area contributed by atoms with Crippen LogP contribution in [-0.2, 0) is 0 Å². The van der Waals surface area contributed by atoms with E-state index in [0.717, 1.165) is 47.3 Å². The number of methoxy groups -OCH3 is 2. The van der Waals surface area contributed by atoms with Gasteiger partial charge in [-0.25, -0.2) is 9.67 Å². The molecule has 5 rings (SSSR count). The average molecular weight is 547 g/mol. The van der Waals surface area contributed by atoms with Gasteiger partial charge in [-0.2, -0.15) is 10.1 Å². The van der Waals surface area contributed by atoms with Crippen LogP contribution in [-0.4, -0.2) is 78.0 Å². The Balaban J connectivity index is 1.53. The predicted octanol–water partition coefficient (Wildman–Crippen LogP) is 4.67. The fourth-order valence-corrected chi connectivity index (χ4v) is 4.64. The number of nitro groups is 1. The van der Waals surface area contributed by atoms with Crippen molar-refractivity contribution in [2.75, 3.05) is 58.7 Å². The van der Waals surface area contributed by atoms with Crippen LogP contribution in [0.5, 0.6) is 11.5 Å². The highest BCUT2D eigenvalue weighted by Gasteiger charge is 2.30. The molecule has 0 bridgehead atoms. The van der Waals surface area contributed by atoms with E-state index in [0.29, 0.717) is 35.4 Å². The van der Waals surface area contributed by atoms with Gasteiger partial charge in [0.05, 0.1) is 36.0 Å². The number of aryl methyl sites for hydroxylation is 1. The lowest BCUT2D eigenvalue weighted by Crippen LogP contribution is -2.29. The molecule has 12 heteroatoms. The van der Waals surface area contributed by atoms with E-state index in [-0.39, 0.29) is 11.6 Å². The minimum atomic E-state index is -0.392. The number of anilines is 3. The molecule has 0 radical (unpaired) electrons. The molecule has 210 valence electrons. The van der Waals surface area contributed by atoms with Crippen LogP contribution in [0.4, 0.5) is 23.0 Å². The highest BCUT2D eigenvalue weighted by Crippen LogP contribution is 2.44. The third-order valence-electron chi connectivity index (χ3n) is 7.06. The van der Waals surface area contributed by atoms with Crippen molar-refractivity contribution in [1.29, 1.82) is 0 Å². The molecule has 1 aliphatic carbocycles. The molecule has 0 amide bonds. The fraction of sp³-hybridized carbons (Fsp3) is 0.393. The highest BCUT2D eigenvalue weighted by atomic mass is 16.6. The van der Waals surface area contributed by atoms with Gasteiger partial charge in [0.2, 0.25) is 5.95 Å². The summed E-state index contributed by atoms with van der Waals surface area (Å²) in [4.78, 5) is 24.7. The summed E-state index contributed by atoms with van der Waals surface area (Å²) >= 11 is 0. The quantitative estimate of drug-likeness (QED) is 0.210. The third kappa shape index (κ3) is 5.34. The van der Waals surface area contributed by atoms with Crippen LogP contribution in [0.25, 0.3) is 16.7 Å². The average Bonchev–Trinajstić information content (AvgIpc) is 3.72. The smallest absolute Gasteiger partial charge is 0.294 e. The first-order chi connectivity index (χ1) is 19.2. The van der Waals surface area contributed by atoms with Crippen LogP contribution in [0.15, 0.2) is 36.5 Å². The van der Waals surface area contributed by atoms with Crippen molar-refractivity contribution in [2.24, 2.45) is 0 Å². The van der Waals surface area contributed by atoms with E-state index in [1.54, 1.807) is 19.4 Å². The molecule has 0 spiro atoms. The molecule has 1 aliphatic rings. The van der Waals surface area contributed by atoms with Crippen LogP contribution in [0.3, 0.4) is 0 Å². The molecule has 2 aromatic carbocycles. The number of hydrogen-bond acceptors (Lipinski definition) is 10. The molecule has 12 nitrogen and oxygen atoms in total. The maximum Gasteiger partial charge on any atom is 0.294 e. The van der Waals surface area contributed by atoms with Crippen molar-refractivity contribution in [3.63, 3.8) is 0 Å². The van der Waals surface area contributed by atoms with Gasteiger partial charge in [0.15, 0.2) is 5.82 Å². The number of ether oxygens (including phenoxy) is 2. The van der Waals surface area contributed by atoms with E-state index in [4.69, 9.17) is 19.6 Å². The summed E-state index contributed by atoms with van der Waals surface area (Å²) in [6, 6.07) is 9.04. The zero-order valence-corrected chi connectivity index (χ0v) is 23.6. The molecule has 0 aliphatic heterocycles. The number of rotatable bonds is 11. The van der Waals surface area contributed by atoms with Crippen LogP contribution in [0.1, 0.15) is 30.0 Å². The highest BCUT2D eigenvalue weighted by molar-refractivity contribution is 5.86. The summed E-state index contributed by atoms with van der Waals surface area (Å²) < 4.78 is 12.9. The Hall–Kier alpha value is -4.45. The zero-order chi connectivity index (χ0) is 28.6. The molecule has 0 saturated heterocycles. The zero-order valence-electron chi connectivity index (χ0n) is 23.6. The molecule has 0 atom stereocenters. The number of fused-ring (bicyclic) bond motifs is 1. The Bertz CT molecular complexity index is 1560. The number of nitrogens with one attached hydrogen (secondary N) is 1. The van der Waals surface area contributed by atoms with Crippen LogP contribution >= 0.6 is 0 Å². The van der Waals surface area contributed by atoms with E-state index in [9.17, 15) is 10.1 Å². The standard InChI is InChI=1S/C28H34N8O4/c1-17-16-29-28(30-21-14-24(36(37)38)23(15-25(21)40-6)34(4)12-11-33(2)3)31-27(17)35-22-10-9-19(39-5)13-20(22)26(32-35)18-7-8-18/h9-10,13-16,18H,7-8,11-12H2,1-6H3,(H,29,30,31). The normalized spacial score (nSPS) is 13.1. The molecular weight excluding hydrogens is 512 g/mol. The van der Waals surface area contributed by atoms with E-state index in [1.165, 1.54) is 13.2 Å². The Morgan fingerprint density at radius 2 is 1.90 bits per heavy atom. The molecule has 40 heavy (non-hydrogen) atoms. The summed E-state index contributed by atoms with van der Waals surface area (Å²) in [6.07, 6.45) is 3.93. The summed E-state index contributed by atoms with van der Waals surface area (Å²) in [6.45, 7) is 3.28. The second-order valence-electron chi connectivity index (χ2n) is 10.3. The summed E-state index contributed by atoms with van der Waals surface area (Å²) in [5, 5.41) is 21.2. The maximum absolute atomic E-state index is 12.0. The second-order valence-corrected chi connectivity index (χ2v) is 10.3. The molecule has 0 unspecified atom stereocenters. The lowest BCUT2D eigenvalue weighted by Gasteiger charge is -2.22. The lowest BCUT2D eigenvalue weighted by molar-refractivity contribution is -0.384. The number of aromatic nitrogens is 4. The van der Waals surface area contributed by atoms with Gasteiger partial charge in [-0.3, -0.25) is 10.1 Å². The van der Waals surface area contributed by atoms with Gasteiger partial charge >= 0.3 is 0 Å². The van der Waals surface area contributed by atoms with E-state index < -0.39 is 4.92 Å². The molecular formula is C28H34N8O4. The summed E-state index contributed by atoms with van der Waals surface area (Å²) in [7, 11) is 8.93. The number of likely N-dealkylation sites (N-methyl/N-ethyl adjacent to an activating group) is 2. The van der Waals surface area contributed by atoms with Gasteiger partial charge in [0, 0.05) is 55.3 Å². The molecule has 2 heterocycles. The van der Waals surface area contributed by atoms with E-state index in [1.807, 2.05) is 60.7 Å². The topological polar surface area (TPSA) is 124 Å². The molecule has 4 aromatic rings. The molecule has 1 saturated carbocycles. The summed E-state index contributed by atoms with van der Waals surface area (Å²) in [5.41, 5.74) is 3.61. The number of hydrogen-bond donors (Lipinski definition) is 1. The largest absolute Gasteiger partial charge is 0.497 e. The van der Waals surface area contributed by atoms with Gasteiger partial charge in [-0.05, 0) is 52.1 Å². The van der Waals surface area contributed by atoms with Crippen LogP contribution < -0.4 is 19.7 Å². The second kappa shape index (κ2) is 11.0. The predicted molar refractivity (Wildman–Crippen MR) is 155 cm³/mol. The lowest BCUT2D eigenvalue weighted by atomic mass is 10.1. The van der Waals surface area contributed by atoms with Crippen molar-refractivity contribution >= 4 is 33.9 Å². The van der Waals surface area contributed by atoms with Crippen LogP contribution in [0.2, 0.25) is 0 Å².